The molecule has 0 aromatic heterocycles. The van der Waals surface area contributed by atoms with Crippen LogP contribution in [0.1, 0.15) is 20.3 Å². The first-order chi connectivity index (χ1) is 5.52. The quantitative estimate of drug-likeness (QED) is 0.465. The van der Waals surface area contributed by atoms with Crippen molar-refractivity contribution in [1.29, 1.82) is 0 Å². The zero-order chi connectivity index (χ0) is 9.30. The third kappa shape index (κ3) is 1.47. The van der Waals surface area contributed by atoms with Crippen LogP contribution in [0.2, 0.25) is 0 Å². The Bertz CT molecular complexity index is 264. The Labute approximate surface area is 69.8 Å². The summed E-state index contributed by atoms with van der Waals surface area (Å²) in [6.45, 7) is 2.88. The molecule has 66 valence electrons. The highest BCUT2D eigenvalue weighted by atomic mass is 16.5. The molecule has 0 bridgehead atoms. The summed E-state index contributed by atoms with van der Waals surface area (Å²) < 4.78 is 4.75. The molecule has 12 heavy (non-hydrogen) atoms. The highest BCUT2D eigenvalue weighted by Crippen LogP contribution is 2.19. The summed E-state index contributed by atoms with van der Waals surface area (Å²) in [7, 11) is 0. The number of rotatable bonds is 1. The van der Waals surface area contributed by atoms with E-state index >= 15 is 0 Å². The van der Waals surface area contributed by atoms with Crippen LogP contribution in [-0.2, 0) is 14.3 Å². The van der Waals surface area contributed by atoms with Crippen molar-refractivity contribution in [3.05, 3.63) is 11.3 Å². The van der Waals surface area contributed by atoms with Crippen LogP contribution in [0, 0.1) is 0 Å². The average molecular weight is 170 g/mol. The van der Waals surface area contributed by atoms with Crippen molar-refractivity contribution in [3.63, 3.8) is 0 Å². The molecule has 1 atom stereocenters. The molecular weight excluding hydrogens is 160 g/mol. The molecule has 0 saturated carbocycles. The monoisotopic (exact) mass is 170 g/mol. The Kier molecular flexibility index (Phi) is 2.17. The van der Waals surface area contributed by atoms with Crippen molar-refractivity contribution in [2.75, 3.05) is 0 Å². The molecule has 4 nitrogen and oxygen atoms in total. The number of esters is 1. The lowest BCUT2D eigenvalue weighted by molar-refractivity contribution is -0.146. The minimum atomic E-state index is -0.723. The maximum Gasteiger partial charge on any atom is 0.345 e. The van der Waals surface area contributed by atoms with Crippen molar-refractivity contribution in [2.24, 2.45) is 0 Å². The van der Waals surface area contributed by atoms with E-state index in [1.807, 2.05) is 0 Å². The van der Waals surface area contributed by atoms with Gasteiger partial charge in [-0.25, -0.2) is 4.79 Å². The Balaban J connectivity index is 3.01. The molecule has 1 aliphatic heterocycles. The predicted octanol–water partition coefficient (Wildman–Crippen LogP) is 0.723. The van der Waals surface area contributed by atoms with Gasteiger partial charge in [0, 0.05) is 6.42 Å². The van der Waals surface area contributed by atoms with E-state index in [-0.39, 0.29) is 23.9 Å². The molecule has 4 heteroatoms. The van der Waals surface area contributed by atoms with Gasteiger partial charge in [-0.1, -0.05) is 0 Å². The smallest absolute Gasteiger partial charge is 0.345 e. The van der Waals surface area contributed by atoms with Gasteiger partial charge in [-0.15, -0.1) is 0 Å². The van der Waals surface area contributed by atoms with Crippen LogP contribution in [-0.4, -0.2) is 23.0 Å². The van der Waals surface area contributed by atoms with Crippen molar-refractivity contribution in [1.82, 2.24) is 0 Å². The van der Waals surface area contributed by atoms with E-state index in [9.17, 15) is 14.7 Å². The molecule has 0 aliphatic carbocycles. The number of hydrogen-bond acceptors (Lipinski definition) is 4. The van der Waals surface area contributed by atoms with E-state index in [2.05, 4.69) is 0 Å². The first-order valence-electron chi connectivity index (χ1n) is 3.66. The van der Waals surface area contributed by atoms with Crippen LogP contribution in [0.5, 0.6) is 0 Å². The third-order valence-corrected chi connectivity index (χ3v) is 1.63. The molecule has 0 spiro atoms. The van der Waals surface area contributed by atoms with E-state index in [4.69, 9.17) is 4.74 Å². The Morgan fingerprint density at radius 1 is 1.67 bits per heavy atom. The fraction of sp³-hybridized carbons (Fsp3) is 0.500. The summed E-state index contributed by atoms with van der Waals surface area (Å²) in [5, 5.41) is 9.24. The number of carbonyl (C=O) groups excluding carboxylic acids is 2. The lowest BCUT2D eigenvalue weighted by Gasteiger charge is -2.19. The summed E-state index contributed by atoms with van der Waals surface area (Å²) in [4.78, 5) is 21.8. The third-order valence-electron chi connectivity index (χ3n) is 1.63. The van der Waals surface area contributed by atoms with Gasteiger partial charge < -0.3 is 9.84 Å². The number of aliphatic hydroxyl groups excluding tert-OH is 1. The number of ether oxygens (including phenoxy) is 1. The number of Topliss-reactive ketones (excluding diaryl/α,β-unsaturated/α-hetero) is 1. The molecular formula is C8H10O4. The van der Waals surface area contributed by atoms with Gasteiger partial charge in [0.05, 0.1) is 0 Å². The lowest BCUT2D eigenvalue weighted by Crippen LogP contribution is -2.27. The SMILES string of the molecule is CC(=O)C1=C(O)C[C@H](C)OC1=O. The van der Waals surface area contributed by atoms with Crippen LogP contribution in [0.3, 0.4) is 0 Å². The van der Waals surface area contributed by atoms with Gasteiger partial charge in [0.25, 0.3) is 0 Å². The minimum absolute atomic E-state index is 0.161. The van der Waals surface area contributed by atoms with Crippen LogP contribution < -0.4 is 0 Å². The number of aliphatic hydroxyl groups is 1. The van der Waals surface area contributed by atoms with Crippen LogP contribution in [0.15, 0.2) is 11.3 Å². The second-order valence-corrected chi connectivity index (χ2v) is 2.80. The Hall–Kier alpha value is -1.32. The van der Waals surface area contributed by atoms with Crippen LogP contribution >= 0.6 is 0 Å². The first-order valence-corrected chi connectivity index (χ1v) is 3.66. The first kappa shape index (κ1) is 8.77. The van der Waals surface area contributed by atoms with Gasteiger partial charge in [0.15, 0.2) is 5.78 Å². The van der Waals surface area contributed by atoms with Crippen molar-refractivity contribution < 1.29 is 19.4 Å². The van der Waals surface area contributed by atoms with Gasteiger partial charge in [-0.3, -0.25) is 4.79 Å². The largest absolute Gasteiger partial charge is 0.511 e. The topological polar surface area (TPSA) is 63.6 Å². The van der Waals surface area contributed by atoms with Crippen LogP contribution in [0.25, 0.3) is 0 Å². The molecule has 1 aliphatic rings. The molecule has 1 heterocycles. The highest BCUT2D eigenvalue weighted by molar-refractivity contribution is 6.17. The van der Waals surface area contributed by atoms with Crippen LogP contribution in [0.4, 0.5) is 0 Å². The van der Waals surface area contributed by atoms with Gasteiger partial charge in [-0.05, 0) is 13.8 Å². The predicted molar refractivity (Wildman–Crippen MR) is 40.5 cm³/mol. The highest BCUT2D eigenvalue weighted by Gasteiger charge is 2.29. The minimum Gasteiger partial charge on any atom is -0.511 e. The van der Waals surface area contributed by atoms with E-state index < -0.39 is 11.8 Å². The molecule has 0 aromatic rings. The second kappa shape index (κ2) is 2.97. The summed E-state index contributed by atoms with van der Waals surface area (Å²) in [6, 6.07) is 0. The summed E-state index contributed by atoms with van der Waals surface area (Å²) in [5.41, 5.74) is -0.215. The van der Waals surface area contributed by atoms with E-state index in [0.29, 0.717) is 0 Å². The van der Waals surface area contributed by atoms with Crippen molar-refractivity contribution in [3.8, 4) is 0 Å². The zero-order valence-electron chi connectivity index (χ0n) is 6.96. The van der Waals surface area contributed by atoms with Crippen molar-refractivity contribution >= 4 is 11.8 Å². The van der Waals surface area contributed by atoms with E-state index in [0.717, 1.165) is 0 Å². The molecule has 0 saturated heterocycles. The number of carbonyl (C=O) groups is 2. The van der Waals surface area contributed by atoms with Crippen molar-refractivity contribution in [2.45, 2.75) is 26.4 Å². The second-order valence-electron chi connectivity index (χ2n) is 2.80. The van der Waals surface area contributed by atoms with Gasteiger partial charge in [0.2, 0.25) is 0 Å². The fourth-order valence-electron chi connectivity index (χ4n) is 1.12. The fourth-order valence-corrected chi connectivity index (χ4v) is 1.12. The normalized spacial score (nSPS) is 23.8. The summed E-state index contributed by atoms with van der Waals surface area (Å²) >= 11 is 0. The van der Waals surface area contributed by atoms with Gasteiger partial charge in [-0.2, -0.15) is 0 Å². The number of cyclic esters (lactones) is 1. The van der Waals surface area contributed by atoms with Gasteiger partial charge in [0.1, 0.15) is 17.4 Å². The Morgan fingerprint density at radius 3 is 2.67 bits per heavy atom. The molecule has 0 amide bonds. The van der Waals surface area contributed by atoms with E-state index in [1.165, 1.54) is 6.92 Å². The molecule has 1 rings (SSSR count). The summed E-state index contributed by atoms with van der Waals surface area (Å²) in [6.07, 6.45) is -0.124. The number of ketones is 1. The maximum absolute atomic E-state index is 11.0. The molecule has 1 N–H and O–H groups in total. The maximum atomic E-state index is 11.0. The molecule has 0 fully saturated rings. The van der Waals surface area contributed by atoms with Gasteiger partial charge >= 0.3 is 5.97 Å². The molecule has 0 aromatic carbocycles. The standard InChI is InChI=1S/C8H10O4/c1-4-3-6(10)7(5(2)9)8(11)12-4/h4,10H,3H2,1-2H3/t4-/m0/s1. The molecule has 0 radical (unpaired) electrons. The number of hydrogen-bond donors (Lipinski definition) is 1. The average Bonchev–Trinajstić information content (AvgIpc) is 1.82. The zero-order valence-corrected chi connectivity index (χ0v) is 6.96. The van der Waals surface area contributed by atoms with E-state index in [1.54, 1.807) is 6.92 Å². The lowest BCUT2D eigenvalue weighted by atomic mass is 10.0. The molecule has 0 unspecified atom stereocenters. The Morgan fingerprint density at radius 2 is 2.25 bits per heavy atom. The summed E-state index contributed by atoms with van der Waals surface area (Å²) in [5.74, 6) is -1.34.